The maximum absolute atomic E-state index is 11.9. The van der Waals surface area contributed by atoms with Crippen molar-refractivity contribution in [3.8, 4) is 0 Å². The minimum atomic E-state index is -3.07. The second-order valence-corrected chi connectivity index (χ2v) is 7.15. The van der Waals surface area contributed by atoms with Gasteiger partial charge in [0.05, 0.1) is 5.75 Å². The Kier molecular flexibility index (Phi) is 6.44. The van der Waals surface area contributed by atoms with Gasteiger partial charge in [0.25, 0.3) is 0 Å². The highest BCUT2D eigenvalue weighted by atomic mass is 32.2. The second-order valence-electron chi connectivity index (χ2n) is 5.30. The molecule has 0 bridgehead atoms. The summed E-state index contributed by atoms with van der Waals surface area (Å²) in [5, 5.41) is 3.05. The van der Waals surface area contributed by atoms with Gasteiger partial charge in [0.15, 0.2) is 0 Å². The van der Waals surface area contributed by atoms with Gasteiger partial charge in [-0.1, -0.05) is 26.2 Å². The Morgan fingerprint density at radius 3 is 2.41 bits per heavy atom. The summed E-state index contributed by atoms with van der Waals surface area (Å²) in [5.41, 5.74) is 0. The van der Waals surface area contributed by atoms with Crippen LogP contribution in [0.15, 0.2) is 0 Å². The Morgan fingerprint density at radius 2 is 1.82 bits per heavy atom. The SMILES string of the molecule is CNCC(C)CNS(=O)(=O)CC1CCCCC1. The maximum atomic E-state index is 11.9. The lowest BCUT2D eigenvalue weighted by Gasteiger charge is -2.22. The van der Waals surface area contributed by atoms with Gasteiger partial charge in [-0.25, -0.2) is 13.1 Å². The van der Waals surface area contributed by atoms with E-state index in [0.29, 0.717) is 24.1 Å². The molecule has 0 aromatic carbocycles. The highest BCUT2D eigenvalue weighted by Crippen LogP contribution is 2.24. The van der Waals surface area contributed by atoms with Gasteiger partial charge in [0, 0.05) is 6.54 Å². The molecule has 4 nitrogen and oxygen atoms in total. The van der Waals surface area contributed by atoms with Crippen LogP contribution in [0.2, 0.25) is 0 Å². The molecule has 102 valence electrons. The van der Waals surface area contributed by atoms with E-state index in [9.17, 15) is 8.42 Å². The first-order chi connectivity index (χ1) is 8.03. The number of rotatable bonds is 7. The van der Waals surface area contributed by atoms with Gasteiger partial charge in [0.1, 0.15) is 0 Å². The number of hydrogen-bond donors (Lipinski definition) is 2. The first-order valence-electron chi connectivity index (χ1n) is 6.65. The first kappa shape index (κ1) is 14.9. The van der Waals surface area contributed by atoms with Crippen LogP contribution in [0.5, 0.6) is 0 Å². The minimum Gasteiger partial charge on any atom is -0.319 e. The van der Waals surface area contributed by atoms with Crippen molar-refractivity contribution in [3.05, 3.63) is 0 Å². The molecule has 1 aliphatic rings. The van der Waals surface area contributed by atoms with Crippen LogP contribution in [-0.2, 0) is 10.0 Å². The fourth-order valence-corrected chi connectivity index (χ4v) is 4.02. The zero-order valence-corrected chi connectivity index (χ0v) is 11.9. The normalized spacial score (nSPS) is 20.4. The molecule has 1 fully saturated rings. The molecule has 0 aliphatic heterocycles. The summed E-state index contributed by atoms with van der Waals surface area (Å²) in [6.45, 7) is 3.42. The lowest BCUT2D eigenvalue weighted by Crippen LogP contribution is -2.35. The van der Waals surface area contributed by atoms with Gasteiger partial charge in [-0.15, -0.1) is 0 Å². The van der Waals surface area contributed by atoms with Crippen LogP contribution in [0.25, 0.3) is 0 Å². The molecule has 0 aromatic rings. The van der Waals surface area contributed by atoms with Crippen LogP contribution >= 0.6 is 0 Å². The van der Waals surface area contributed by atoms with Crippen LogP contribution < -0.4 is 10.0 Å². The topological polar surface area (TPSA) is 58.2 Å². The molecule has 1 saturated carbocycles. The molecule has 0 saturated heterocycles. The third-order valence-corrected chi connectivity index (χ3v) is 4.90. The molecule has 2 N–H and O–H groups in total. The third-order valence-electron chi connectivity index (χ3n) is 3.38. The molecule has 17 heavy (non-hydrogen) atoms. The summed E-state index contributed by atoms with van der Waals surface area (Å²) in [5.74, 6) is 1.03. The fraction of sp³-hybridized carbons (Fsp3) is 1.00. The molecule has 5 heteroatoms. The lowest BCUT2D eigenvalue weighted by atomic mass is 9.91. The van der Waals surface area contributed by atoms with Gasteiger partial charge in [0.2, 0.25) is 10.0 Å². The Morgan fingerprint density at radius 1 is 1.18 bits per heavy atom. The van der Waals surface area contributed by atoms with Gasteiger partial charge in [-0.3, -0.25) is 0 Å². The van der Waals surface area contributed by atoms with E-state index >= 15 is 0 Å². The van der Waals surface area contributed by atoms with Crippen LogP contribution in [0.4, 0.5) is 0 Å². The van der Waals surface area contributed by atoms with E-state index in [4.69, 9.17) is 0 Å². The Hall–Kier alpha value is -0.130. The van der Waals surface area contributed by atoms with Crippen molar-refractivity contribution >= 4 is 10.0 Å². The number of hydrogen-bond acceptors (Lipinski definition) is 3. The summed E-state index contributed by atoms with van der Waals surface area (Å²) in [4.78, 5) is 0. The summed E-state index contributed by atoms with van der Waals surface area (Å²) >= 11 is 0. The molecular formula is C12H26N2O2S. The second kappa shape index (κ2) is 7.34. The summed E-state index contributed by atoms with van der Waals surface area (Å²) in [6.07, 6.45) is 5.80. The predicted molar refractivity (Wildman–Crippen MR) is 71.5 cm³/mol. The molecule has 1 rings (SSSR count). The van der Waals surface area contributed by atoms with E-state index in [0.717, 1.165) is 19.4 Å². The first-order valence-corrected chi connectivity index (χ1v) is 8.30. The van der Waals surface area contributed by atoms with E-state index in [1.807, 2.05) is 14.0 Å². The van der Waals surface area contributed by atoms with E-state index in [1.54, 1.807) is 0 Å². The maximum Gasteiger partial charge on any atom is 0.211 e. The standard InChI is InChI=1S/C12H26N2O2S/c1-11(8-13-2)9-14-17(15,16)10-12-6-4-3-5-7-12/h11-14H,3-10H2,1-2H3. The molecule has 1 unspecified atom stereocenters. The summed E-state index contributed by atoms with van der Waals surface area (Å²) in [6, 6.07) is 0. The average molecular weight is 262 g/mol. The minimum absolute atomic E-state index is 0.319. The molecule has 0 heterocycles. The molecular weight excluding hydrogens is 236 g/mol. The van der Waals surface area contributed by atoms with E-state index in [2.05, 4.69) is 10.0 Å². The zero-order chi connectivity index (χ0) is 12.7. The largest absolute Gasteiger partial charge is 0.319 e. The van der Waals surface area contributed by atoms with Crippen molar-refractivity contribution in [3.63, 3.8) is 0 Å². The smallest absolute Gasteiger partial charge is 0.211 e. The summed E-state index contributed by atoms with van der Waals surface area (Å²) in [7, 11) is -1.19. The average Bonchev–Trinajstić information content (AvgIpc) is 2.28. The zero-order valence-electron chi connectivity index (χ0n) is 11.0. The Bertz CT molecular complexity index is 298. The van der Waals surface area contributed by atoms with Gasteiger partial charge in [-0.2, -0.15) is 0 Å². The van der Waals surface area contributed by atoms with Crippen molar-refractivity contribution in [2.75, 3.05) is 25.9 Å². The lowest BCUT2D eigenvalue weighted by molar-refractivity contribution is 0.383. The molecule has 0 spiro atoms. The van der Waals surface area contributed by atoms with Gasteiger partial charge < -0.3 is 5.32 Å². The van der Waals surface area contributed by atoms with Crippen molar-refractivity contribution in [2.24, 2.45) is 11.8 Å². The number of nitrogens with one attached hydrogen (secondary N) is 2. The highest BCUT2D eigenvalue weighted by molar-refractivity contribution is 7.89. The van der Waals surface area contributed by atoms with Crippen molar-refractivity contribution < 1.29 is 8.42 Å². The van der Waals surface area contributed by atoms with Crippen LogP contribution in [0, 0.1) is 11.8 Å². The van der Waals surface area contributed by atoms with E-state index in [-0.39, 0.29) is 0 Å². The van der Waals surface area contributed by atoms with Crippen LogP contribution in [-0.4, -0.2) is 34.3 Å². The Labute approximate surface area is 106 Å². The Balaban J connectivity index is 2.29. The highest BCUT2D eigenvalue weighted by Gasteiger charge is 2.21. The van der Waals surface area contributed by atoms with Gasteiger partial charge >= 0.3 is 0 Å². The molecule has 1 atom stereocenters. The molecule has 0 aromatic heterocycles. The van der Waals surface area contributed by atoms with Crippen molar-refractivity contribution in [2.45, 2.75) is 39.0 Å². The quantitative estimate of drug-likeness (QED) is 0.728. The van der Waals surface area contributed by atoms with Gasteiger partial charge in [-0.05, 0) is 38.3 Å². The monoisotopic (exact) mass is 262 g/mol. The molecule has 1 aliphatic carbocycles. The fourth-order valence-electron chi connectivity index (χ4n) is 2.41. The third kappa shape index (κ3) is 6.38. The number of sulfonamides is 1. The van der Waals surface area contributed by atoms with Crippen molar-refractivity contribution in [1.82, 2.24) is 10.0 Å². The molecule has 0 radical (unpaired) electrons. The molecule has 0 amide bonds. The van der Waals surface area contributed by atoms with Crippen LogP contribution in [0.1, 0.15) is 39.0 Å². The van der Waals surface area contributed by atoms with Crippen molar-refractivity contribution in [1.29, 1.82) is 0 Å². The van der Waals surface area contributed by atoms with E-state index < -0.39 is 10.0 Å². The summed E-state index contributed by atoms with van der Waals surface area (Å²) < 4.78 is 26.5. The van der Waals surface area contributed by atoms with Crippen LogP contribution in [0.3, 0.4) is 0 Å². The van der Waals surface area contributed by atoms with E-state index in [1.165, 1.54) is 19.3 Å². The predicted octanol–water partition coefficient (Wildman–Crippen LogP) is 1.34.